The van der Waals surface area contributed by atoms with Crippen LogP contribution >= 0.6 is 0 Å². The molecule has 17 heavy (non-hydrogen) atoms. The summed E-state index contributed by atoms with van der Waals surface area (Å²) in [6, 6.07) is 16.6. The van der Waals surface area contributed by atoms with E-state index in [1.807, 2.05) is 18.2 Å². The van der Waals surface area contributed by atoms with Gasteiger partial charge in [-0.3, -0.25) is 0 Å². The van der Waals surface area contributed by atoms with Gasteiger partial charge in [-0.25, -0.2) is 0 Å². The van der Waals surface area contributed by atoms with Crippen LogP contribution in [0.1, 0.15) is 5.56 Å². The molecule has 0 saturated heterocycles. The Morgan fingerprint density at radius 3 is 2.59 bits per heavy atom. The fraction of sp³-hybridized carbons (Fsp3) is 0.143. The van der Waals surface area contributed by atoms with E-state index in [2.05, 4.69) is 49.1 Å². The lowest BCUT2D eigenvalue weighted by Crippen LogP contribution is -2.47. The molecule has 0 atom stereocenters. The van der Waals surface area contributed by atoms with Crippen molar-refractivity contribution in [2.24, 2.45) is 0 Å². The lowest BCUT2D eigenvalue weighted by Gasteiger charge is -2.15. The fourth-order valence-electron chi connectivity index (χ4n) is 2.24. The molecule has 0 fully saturated rings. The van der Waals surface area contributed by atoms with Gasteiger partial charge < -0.3 is 9.47 Å². The van der Waals surface area contributed by atoms with Crippen LogP contribution in [0.5, 0.6) is 5.75 Å². The van der Waals surface area contributed by atoms with Gasteiger partial charge in [-0.05, 0) is 37.1 Å². The first-order valence-corrected chi connectivity index (χ1v) is 5.81. The molecule has 2 aromatic rings. The van der Waals surface area contributed by atoms with E-state index < -0.39 is 0 Å². The van der Waals surface area contributed by atoms with Crippen LogP contribution in [0.25, 0.3) is 0 Å². The Bertz CT molecular complexity index is 541. The summed E-state index contributed by atoms with van der Waals surface area (Å²) in [5.41, 5.74) is 3.57. The third kappa shape index (κ3) is 1.68. The second-order valence-electron chi connectivity index (χ2n) is 4.46. The molecule has 0 unspecified atom stereocenters. The second kappa shape index (κ2) is 3.84. The molecule has 2 aromatic carbocycles. The van der Waals surface area contributed by atoms with E-state index in [4.69, 9.17) is 4.65 Å². The number of anilines is 1. The van der Waals surface area contributed by atoms with Crippen molar-refractivity contribution < 1.29 is 4.65 Å². The number of benzene rings is 2. The van der Waals surface area contributed by atoms with Gasteiger partial charge in [0.1, 0.15) is 5.75 Å². The SMILES string of the molecule is Cc1ccc2c(c1)OB(c1ccccc1)N2C. The van der Waals surface area contributed by atoms with Crippen molar-refractivity contribution in [3.8, 4) is 5.75 Å². The summed E-state index contributed by atoms with van der Waals surface area (Å²) < 4.78 is 6.01. The van der Waals surface area contributed by atoms with Gasteiger partial charge in [0.2, 0.25) is 0 Å². The van der Waals surface area contributed by atoms with Crippen LogP contribution in [0.3, 0.4) is 0 Å². The van der Waals surface area contributed by atoms with E-state index in [0.29, 0.717) is 0 Å². The van der Waals surface area contributed by atoms with E-state index in [-0.39, 0.29) is 7.05 Å². The number of nitrogens with zero attached hydrogens (tertiary/aromatic N) is 1. The van der Waals surface area contributed by atoms with E-state index >= 15 is 0 Å². The lowest BCUT2D eigenvalue weighted by atomic mass is 9.72. The smallest absolute Gasteiger partial charge is 0.519 e. The molecule has 0 bridgehead atoms. The van der Waals surface area contributed by atoms with Gasteiger partial charge in [0.15, 0.2) is 0 Å². The first kappa shape index (κ1) is 10.3. The molecule has 0 amide bonds. The number of fused-ring (bicyclic) bond motifs is 1. The normalized spacial score (nSPS) is 13.5. The van der Waals surface area contributed by atoms with Crippen LogP contribution in [0.4, 0.5) is 5.69 Å². The molecule has 84 valence electrons. The van der Waals surface area contributed by atoms with Crippen LogP contribution in [-0.2, 0) is 0 Å². The van der Waals surface area contributed by atoms with Crippen molar-refractivity contribution in [3.63, 3.8) is 0 Å². The number of hydrogen-bond acceptors (Lipinski definition) is 2. The Hall–Kier alpha value is -1.90. The van der Waals surface area contributed by atoms with E-state index in [9.17, 15) is 0 Å². The first-order valence-electron chi connectivity index (χ1n) is 5.81. The van der Waals surface area contributed by atoms with Crippen molar-refractivity contribution in [2.45, 2.75) is 6.92 Å². The molecule has 1 aliphatic rings. The molecule has 3 rings (SSSR count). The van der Waals surface area contributed by atoms with Gasteiger partial charge in [-0.1, -0.05) is 36.4 Å². The molecule has 0 aromatic heterocycles. The Morgan fingerprint density at radius 2 is 1.82 bits per heavy atom. The second-order valence-corrected chi connectivity index (χ2v) is 4.46. The summed E-state index contributed by atoms with van der Waals surface area (Å²) in [7, 11) is 2.06. The molecule has 0 radical (unpaired) electrons. The molecule has 0 saturated carbocycles. The number of hydrogen-bond donors (Lipinski definition) is 0. The van der Waals surface area contributed by atoms with Crippen molar-refractivity contribution >= 4 is 18.2 Å². The molecule has 0 N–H and O–H groups in total. The fourth-order valence-corrected chi connectivity index (χ4v) is 2.24. The highest BCUT2D eigenvalue weighted by Gasteiger charge is 2.35. The average molecular weight is 223 g/mol. The minimum atomic E-state index is -0.00648. The van der Waals surface area contributed by atoms with Gasteiger partial charge in [0.25, 0.3) is 0 Å². The zero-order valence-corrected chi connectivity index (χ0v) is 10.1. The summed E-state index contributed by atoms with van der Waals surface area (Å²) in [5, 5.41) is 0. The van der Waals surface area contributed by atoms with Crippen molar-refractivity contribution in [3.05, 3.63) is 54.1 Å². The maximum atomic E-state index is 6.01. The third-order valence-corrected chi connectivity index (χ3v) is 3.17. The predicted octanol–water partition coefficient (Wildman–Crippen LogP) is 2.22. The minimum Gasteiger partial charge on any atom is -0.536 e. The van der Waals surface area contributed by atoms with E-state index in [0.717, 1.165) is 11.4 Å². The zero-order chi connectivity index (χ0) is 11.8. The van der Waals surface area contributed by atoms with Crippen LogP contribution in [0.15, 0.2) is 48.5 Å². The van der Waals surface area contributed by atoms with Crippen molar-refractivity contribution in [1.29, 1.82) is 0 Å². The molecule has 1 aliphatic heterocycles. The van der Waals surface area contributed by atoms with Gasteiger partial charge in [-0.2, -0.15) is 0 Å². The van der Waals surface area contributed by atoms with E-state index in [1.165, 1.54) is 11.0 Å². The summed E-state index contributed by atoms with van der Waals surface area (Å²) >= 11 is 0. The molecule has 1 heterocycles. The molecular formula is C14H14BNO. The highest BCUT2D eigenvalue weighted by Crippen LogP contribution is 2.34. The number of aryl methyl sites for hydroxylation is 1. The molecular weight excluding hydrogens is 209 g/mol. The van der Waals surface area contributed by atoms with Crippen LogP contribution in [0, 0.1) is 6.92 Å². The van der Waals surface area contributed by atoms with Gasteiger partial charge in [0.05, 0.1) is 5.69 Å². The molecule has 0 aliphatic carbocycles. The van der Waals surface area contributed by atoms with Gasteiger partial charge in [0, 0.05) is 0 Å². The van der Waals surface area contributed by atoms with Gasteiger partial charge in [-0.15, -0.1) is 0 Å². The quantitative estimate of drug-likeness (QED) is 0.687. The monoisotopic (exact) mass is 223 g/mol. The number of rotatable bonds is 1. The standard InChI is InChI=1S/C14H14BNO/c1-11-8-9-13-14(10-11)17-15(16(13)2)12-6-4-3-5-7-12/h3-10H,1-2H3. The first-order chi connectivity index (χ1) is 8.25. The maximum Gasteiger partial charge on any atom is 0.519 e. The average Bonchev–Trinajstić information content (AvgIpc) is 2.67. The summed E-state index contributed by atoms with van der Waals surface area (Å²) in [6.45, 7) is 2.08. The molecule has 3 heteroatoms. The van der Waals surface area contributed by atoms with Crippen LogP contribution in [0.2, 0.25) is 0 Å². The Kier molecular flexibility index (Phi) is 2.32. The van der Waals surface area contributed by atoms with Crippen LogP contribution in [-0.4, -0.2) is 14.1 Å². The summed E-state index contributed by atoms with van der Waals surface area (Å²) in [6.07, 6.45) is 0. The van der Waals surface area contributed by atoms with Crippen molar-refractivity contribution in [1.82, 2.24) is 0 Å². The van der Waals surface area contributed by atoms with E-state index in [1.54, 1.807) is 0 Å². The summed E-state index contributed by atoms with van der Waals surface area (Å²) in [4.78, 5) is 2.17. The molecule has 2 nitrogen and oxygen atoms in total. The Labute approximate surface area is 102 Å². The zero-order valence-electron chi connectivity index (χ0n) is 10.1. The topological polar surface area (TPSA) is 12.5 Å². The molecule has 0 spiro atoms. The lowest BCUT2D eigenvalue weighted by molar-refractivity contribution is 0.602. The Balaban J connectivity index is 1.99. The third-order valence-electron chi connectivity index (χ3n) is 3.17. The van der Waals surface area contributed by atoms with Crippen LogP contribution < -0.4 is 14.9 Å². The highest BCUT2D eigenvalue weighted by molar-refractivity contribution is 6.73. The van der Waals surface area contributed by atoms with Gasteiger partial charge >= 0.3 is 7.05 Å². The largest absolute Gasteiger partial charge is 0.536 e. The predicted molar refractivity (Wildman–Crippen MR) is 72.0 cm³/mol. The maximum absolute atomic E-state index is 6.01. The highest BCUT2D eigenvalue weighted by atomic mass is 16.5. The summed E-state index contributed by atoms with van der Waals surface area (Å²) in [5.74, 6) is 0.973. The minimum absolute atomic E-state index is 0.00648. The van der Waals surface area contributed by atoms with Crippen molar-refractivity contribution in [2.75, 3.05) is 11.9 Å². The Morgan fingerprint density at radius 1 is 1.06 bits per heavy atom.